The van der Waals surface area contributed by atoms with E-state index in [1.165, 1.54) is 25.3 Å². The third kappa shape index (κ3) is 5.25. The van der Waals surface area contributed by atoms with Crippen molar-refractivity contribution in [3.05, 3.63) is 47.3 Å². The molecule has 0 saturated heterocycles. The lowest BCUT2D eigenvalue weighted by molar-refractivity contribution is -0.274. The van der Waals surface area contributed by atoms with E-state index in [9.17, 15) is 22.8 Å². The highest BCUT2D eigenvalue weighted by atomic mass is 19.4. The third-order valence-corrected chi connectivity index (χ3v) is 4.23. The molecule has 8 nitrogen and oxygen atoms in total. The SMILES string of the molecule is COCCNC(=O)c1cc2n(n1)CC(NC(=O)c1ccccc1OC(F)(F)F)C2. The van der Waals surface area contributed by atoms with Crippen molar-refractivity contribution in [2.75, 3.05) is 20.3 Å². The molecule has 0 bridgehead atoms. The molecule has 156 valence electrons. The molecule has 0 saturated carbocycles. The zero-order valence-corrected chi connectivity index (χ0v) is 15.5. The number of alkyl halides is 3. The topological polar surface area (TPSA) is 94.5 Å². The molecule has 0 spiro atoms. The highest BCUT2D eigenvalue weighted by molar-refractivity contribution is 5.97. The van der Waals surface area contributed by atoms with Crippen LogP contribution in [0.5, 0.6) is 5.75 Å². The fraction of sp³-hybridized carbons (Fsp3) is 0.389. The smallest absolute Gasteiger partial charge is 0.405 e. The normalized spacial score (nSPS) is 15.7. The van der Waals surface area contributed by atoms with Gasteiger partial charge in [-0.1, -0.05) is 12.1 Å². The number of carbonyl (C=O) groups is 2. The number of fused-ring (bicyclic) bond motifs is 1. The zero-order valence-electron chi connectivity index (χ0n) is 15.5. The molecule has 11 heteroatoms. The highest BCUT2D eigenvalue weighted by Gasteiger charge is 2.33. The van der Waals surface area contributed by atoms with Gasteiger partial charge in [-0.2, -0.15) is 5.10 Å². The van der Waals surface area contributed by atoms with Crippen LogP contribution >= 0.6 is 0 Å². The number of halogens is 3. The second-order valence-electron chi connectivity index (χ2n) is 6.37. The standard InChI is InChI=1S/C18H19F3N4O4/c1-28-7-6-22-17(27)14-9-12-8-11(10-25(12)24-14)23-16(26)13-4-2-3-5-15(13)29-18(19,20)21/h2-5,9,11H,6-8,10H2,1H3,(H,22,27)(H,23,26). The third-order valence-electron chi connectivity index (χ3n) is 4.23. The summed E-state index contributed by atoms with van der Waals surface area (Å²) in [7, 11) is 1.53. The van der Waals surface area contributed by atoms with Gasteiger partial charge in [-0.15, -0.1) is 13.2 Å². The summed E-state index contributed by atoms with van der Waals surface area (Å²) in [4.78, 5) is 24.4. The zero-order chi connectivity index (χ0) is 21.0. The van der Waals surface area contributed by atoms with Gasteiger partial charge in [0.1, 0.15) is 11.4 Å². The van der Waals surface area contributed by atoms with Crippen molar-refractivity contribution < 1.29 is 32.2 Å². The molecule has 2 N–H and O–H groups in total. The van der Waals surface area contributed by atoms with Gasteiger partial charge in [0.05, 0.1) is 24.8 Å². The second-order valence-corrected chi connectivity index (χ2v) is 6.37. The second kappa shape index (κ2) is 8.52. The van der Waals surface area contributed by atoms with Crippen molar-refractivity contribution in [1.82, 2.24) is 20.4 Å². The van der Waals surface area contributed by atoms with E-state index >= 15 is 0 Å². The number of amides is 2. The Morgan fingerprint density at radius 2 is 2.03 bits per heavy atom. The predicted octanol–water partition coefficient (Wildman–Crippen LogP) is 1.51. The number of ether oxygens (including phenoxy) is 2. The first-order valence-corrected chi connectivity index (χ1v) is 8.76. The number of hydrogen-bond acceptors (Lipinski definition) is 5. The Morgan fingerprint density at radius 1 is 1.28 bits per heavy atom. The number of hydrogen-bond donors (Lipinski definition) is 2. The maximum absolute atomic E-state index is 12.5. The first kappa shape index (κ1) is 20.6. The lowest BCUT2D eigenvalue weighted by Crippen LogP contribution is -2.36. The van der Waals surface area contributed by atoms with Gasteiger partial charge in [0.2, 0.25) is 0 Å². The molecular formula is C18H19F3N4O4. The summed E-state index contributed by atoms with van der Waals surface area (Å²) in [5, 5.41) is 9.55. The molecule has 2 heterocycles. The summed E-state index contributed by atoms with van der Waals surface area (Å²) in [6.45, 7) is 1.04. The van der Waals surface area contributed by atoms with Gasteiger partial charge in [0, 0.05) is 25.8 Å². The lowest BCUT2D eigenvalue weighted by Gasteiger charge is -2.15. The molecule has 1 aromatic heterocycles. The van der Waals surface area contributed by atoms with Crippen LogP contribution in [0.4, 0.5) is 13.2 Å². The average Bonchev–Trinajstić information content (AvgIpc) is 3.19. The molecule has 0 fully saturated rings. The van der Waals surface area contributed by atoms with Crippen LogP contribution in [0, 0.1) is 0 Å². The van der Waals surface area contributed by atoms with Crippen molar-refractivity contribution in [2.24, 2.45) is 0 Å². The van der Waals surface area contributed by atoms with E-state index in [1.807, 2.05) is 0 Å². The van der Waals surface area contributed by atoms with Crippen LogP contribution in [0.3, 0.4) is 0 Å². The van der Waals surface area contributed by atoms with Crippen LogP contribution in [0.25, 0.3) is 0 Å². The highest BCUT2D eigenvalue weighted by Crippen LogP contribution is 2.26. The Hall–Kier alpha value is -3.08. The van der Waals surface area contributed by atoms with Crippen LogP contribution in [-0.4, -0.2) is 54.3 Å². The van der Waals surface area contributed by atoms with Gasteiger partial charge in [0.15, 0.2) is 0 Å². The van der Waals surface area contributed by atoms with E-state index < -0.39 is 18.0 Å². The average molecular weight is 412 g/mol. The quantitative estimate of drug-likeness (QED) is 0.673. The van der Waals surface area contributed by atoms with Crippen LogP contribution in [0.15, 0.2) is 30.3 Å². The van der Waals surface area contributed by atoms with Crippen LogP contribution < -0.4 is 15.4 Å². The monoisotopic (exact) mass is 412 g/mol. The number of nitrogens with zero attached hydrogens (tertiary/aromatic N) is 2. The number of carbonyl (C=O) groups excluding carboxylic acids is 2. The molecular weight excluding hydrogens is 393 g/mol. The molecule has 0 aliphatic carbocycles. The molecule has 1 atom stereocenters. The maximum atomic E-state index is 12.5. The Morgan fingerprint density at radius 3 is 2.72 bits per heavy atom. The first-order valence-electron chi connectivity index (χ1n) is 8.76. The molecule has 1 unspecified atom stereocenters. The van der Waals surface area contributed by atoms with Gasteiger partial charge in [0.25, 0.3) is 11.8 Å². The maximum Gasteiger partial charge on any atom is 0.573 e. The summed E-state index contributed by atoms with van der Waals surface area (Å²) in [5.41, 5.74) is 0.782. The van der Waals surface area contributed by atoms with Crippen LogP contribution in [-0.2, 0) is 17.7 Å². The summed E-state index contributed by atoms with van der Waals surface area (Å²) in [6.07, 6.45) is -4.50. The number of methoxy groups -OCH3 is 1. The van der Waals surface area contributed by atoms with Crippen molar-refractivity contribution in [3.63, 3.8) is 0 Å². The number of nitrogens with one attached hydrogen (secondary N) is 2. The van der Waals surface area contributed by atoms with E-state index in [0.717, 1.165) is 11.8 Å². The Kier molecular flexibility index (Phi) is 6.06. The molecule has 3 rings (SSSR count). The number of aromatic nitrogens is 2. The van der Waals surface area contributed by atoms with Crippen LogP contribution in [0.1, 0.15) is 26.5 Å². The molecule has 0 radical (unpaired) electrons. The van der Waals surface area contributed by atoms with Gasteiger partial charge < -0.3 is 20.1 Å². The molecule has 2 amide bonds. The number of rotatable bonds is 7. The number of para-hydroxylation sites is 1. The van der Waals surface area contributed by atoms with E-state index in [2.05, 4.69) is 20.5 Å². The van der Waals surface area contributed by atoms with E-state index in [-0.39, 0.29) is 23.2 Å². The van der Waals surface area contributed by atoms with E-state index in [4.69, 9.17) is 4.74 Å². The summed E-state index contributed by atoms with van der Waals surface area (Å²) >= 11 is 0. The summed E-state index contributed by atoms with van der Waals surface area (Å²) in [5.74, 6) is -1.58. The van der Waals surface area contributed by atoms with Gasteiger partial charge in [-0.05, 0) is 18.2 Å². The predicted molar refractivity (Wildman–Crippen MR) is 94.5 cm³/mol. The minimum atomic E-state index is -4.90. The van der Waals surface area contributed by atoms with Crippen molar-refractivity contribution in [3.8, 4) is 5.75 Å². The Balaban J connectivity index is 1.60. The van der Waals surface area contributed by atoms with Gasteiger partial charge in [-0.3, -0.25) is 14.3 Å². The first-order chi connectivity index (χ1) is 13.8. The molecule has 29 heavy (non-hydrogen) atoms. The van der Waals surface area contributed by atoms with E-state index in [1.54, 1.807) is 10.7 Å². The Bertz CT molecular complexity index is 874. The molecule has 2 aromatic rings. The van der Waals surface area contributed by atoms with Crippen molar-refractivity contribution >= 4 is 11.8 Å². The van der Waals surface area contributed by atoms with Crippen molar-refractivity contribution in [1.29, 1.82) is 0 Å². The minimum absolute atomic E-state index is 0.215. The molecule has 1 aromatic carbocycles. The van der Waals surface area contributed by atoms with Crippen LogP contribution in [0.2, 0.25) is 0 Å². The summed E-state index contributed by atoms with van der Waals surface area (Å²) in [6, 6.07) is 6.39. The largest absolute Gasteiger partial charge is 0.573 e. The van der Waals surface area contributed by atoms with Gasteiger partial charge >= 0.3 is 6.36 Å². The number of benzene rings is 1. The Labute approximate surface area is 164 Å². The lowest BCUT2D eigenvalue weighted by atomic mass is 10.1. The fourth-order valence-corrected chi connectivity index (χ4v) is 3.00. The van der Waals surface area contributed by atoms with E-state index in [0.29, 0.717) is 26.1 Å². The molecule has 1 aliphatic heterocycles. The molecule has 1 aliphatic rings. The van der Waals surface area contributed by atoms with Crippen molar-refractivity contribution in [2.45, 2.75) is 25.4 Å². The minimum Gasteiger partial charge on any atom is -0.405 e. The van der Waals surface area contributed by atoms with Gasteiger partial charge in [-0.25, -0.2) is 0 Å². The summed E-state index contributed by atoms with van der Waals surface area (Å²) < 4.78 is 47.9. The fourth-order valence-electron chi connectivity index (χ4n) is 3.00.